The third kappa shape index (κ3) is 3.25. The fourth-order valence-corrected chi connectivity index (χ4v) is 2.45. The van der Waals surface area contributed by atoms with E-state index in [0.29, 0.717) is 0 Å². The van der Waals surface area contributed by atoms with E-state index in [4.69, 9.17) is 0 Å². The highest BCUT2D eigenvalue weighted by Crippen LogP contribution is 2.25. The average molecular weight is 196 g/mol. The summed E-state index contributed by atoms with van der Waals surface area (Å²) in [6.45, 7) is 3.73. The van der Waals surface area contributed by atoms with Gasteiger partial charge in [-0.1, -0.05) is 12.8 Å². The normalized spacial score (nSPS) is 28.7. The molecule has 2 heteroatoms. The van der Waals surface area contributed by atoms with Gasteiger partial charge in [0.2, 0.25) is 0 Å². The van der Waals surface area contributed by atoms with Crippen LogP contribution in [0, 0.1) is 5.92 Å². The Kier molecular flexibility index (Phi) is 4.26. The second kappa shape index (κ2) is 5.72. The lowest BCUT2D eigenvalue weighted by atomic mass is 9.85. The minimum atomic E-state index is 0.803. The average Bonchev–Trinajstić information content (AvgIpc) is 2.16. The molecular weight excluding hydrogens is 172 g/mol. The lowest BCUT2D eigenvalue weighted by molar-refractivity contribution is 0.296. The van der Waals surface area contributed by atoms with E-state index in [1.807, 2.05) is 0 Å². The van der Waals surface area contributed by atoms with E-state index >= 15 is 0 Å². The van der Waals surface area contributed by atoms with Crippen molar-refractivity contribution >= 4 is 0 Å². The summed E-state index contributed by atoms with van der Waals surface area (Å²) in [6.07, 6.45) is 9.93. The van der Waals surface area contributed by atoms with Crippen LogP contribution in [0.15, 0.2) is 0 Å². The van der Waals surface area contributed by atoms with Gasteiger partial charge in [-0.15, -0.1) is 0 Å². The molecule has 2 aliphatic rings. The highest BCUT2D eigenvalue weighted by molar-refractivity contribution is 4.75. The summed E-state index contributed by atoms with van der Waals surface area (Å²) >= 11 is 0. The SMILES string of the molecule is C1CCC(CCNCC2CCC2)NC1. The van der Waals surface area contributed by atoms with Crippen LogP contribution >= 0.6 is 0 Å². The zero-order chi connectivity index (χ0) is 9.64. The van der Waals surface area contributed by atoms with Gasteiger partial charge in [0, 0.05) is 6.04 Å². The van der Waals surface area contributed by atoms with Crippen LogP contribution in [0.1, 0.15) is 44.9 Å². The number of rotatable bonds is 5. The first-order valence-corrected chi connectivity index (χ1v) is 6.39. The molecule has 0 radical (unpaired) electrons. The Morgan fingerprint density at radius 1 is 1.07 bits per heavy atom. The Morgan fingerprint density at radius 3 is 2.64 bits per heavy atom. The Labute approximate surface area is 87.8 Å². The number of hydrogen-bond acceptors (Lipinski definition) is 2. The van der Waals surface area contributed by atoms with Crippen molar-refractivity contribution in [2.24, 2.45) is 5.92 Å². The van der Waals surface area contributed by atoms with E-state index < -0.39 is 0 Å². The van der Waals surface area contributed by atoms with Crippen molar-refractivity contribution in [2.45, 2.75) is 51.0 Å². The predicted molar refractivity (Wildman–Crippen MR) is 60.5 cm³/mol. The standard InChI is InChI=1S/C12H24N2/c1-2-8-14-12(6-1)7-9-13-10-11-4-3-5-11/h11-14H,1-10H2. The molecule has 2 rings (SSSR count). The molecule has 0 aromatic heterocycles. The molecule has 14 heavy (non-hydrogen) atoms. The largest absolute Gasteiger partial charge is 0.316 e. The van der Waals surface area contributed by atoms with Gasteiger partial charge in [0.25, 0.3) is 0 Å². The molecule has 1 aliphatic heterocycles. The molecule has 2 fully saturated rings. The van der Waals surface area contributed by atoms with Crippen molar-refractivity contribution in [3.8, 4) is 0 Å². The van der Waals surface area contributed by atoms with Crippen LogP contribution < -0.4 is 10.6 Å². The maximum atomic E-state index is 3.60. The fraction of sp³-hybridized carbons (Fsp3) is 1.00. The quantitative estimate of drug-likeness (QED) is 0.656. The number of nitrogens with one attached hydrogen (secondary N) is 2. The molecule has 1 atom stereocenters. The first kappa shape index (κ1) is 10.4. The van der Waals surface area contributed by atoms with Gasteiger partial charge in [-0.2, -0.15) is 0 Å². The topological polar surface area (TPSA) is 24.1 Å². The van der Waals surface area contributed by atoms with Gasteiger partial charge in [0.1, 0.15) is 0 Å². The van der Waals surface area contributed by atoms with Crippen molar-refractivity contribution in [1.29, 1.82) is 0 Å². The van der Waals surface area contributed by atoms with Crippen molar-refractivity contribution in [2.75, 3.05) is 19.6 Å². The Hall–Kier alpha value is -0.0800. The fourth-order valence-electron chi connectivity index (χ4n) is 2.45. The highest BCUT2D eigenvalue weighted by Gasteiger charge is 2.17. The van der Waals surface area contributed by atoms with Crippen molar-refractivity contribution in [3.05, 3.63) is 0 Å². The summed E-state index contributed by atoms with van der Waals surface area (Å²) in [7, 11) is 0. The van der Waals surface area contributed by atoms with Gasteiger partial charge in [0.05, 0.1) is 0 Å². The third-order valence-electron chi connectivity index (χ3n) is 3.74. The molecule has 1 aliphatic carbocycles. The van der Waals surface area contributed by atoms with Crippen LogP contribution in [-0.4, -0.2) is 25.7 Å². The van der Waals surface area contributed by atoms with Crippen LogP contribution in [0.25, 0.3) is 0 Å². The molecule has 0 amide bonds. The van der Waals surface area contributed by atoms with Gasteiger partial charge in [0.15, 0.2) is 0 Å². The van der Waals surface area contributed by atoms with Gasteiger partial charge in [-0.3, -0.25) is 0 Å². The van der Waals surface area contributed by atoms with Gasteiger partial charge in [-0.25, -0.2) is 0 Å². The van der Waals surface area contributed by atoms with Gasteiger partial charge in [-0.05, 0) is 57.7 Å². The third-order valence-corrected chi connectivity index (χ3v) is 3.74. The summed E-state index contributed by atoms with van der Waals surface area (Å²) in [4.78, 5) is 0. The predicted octanol–water partition coefficient (Wildman–Crippen LogP) is 1.91. The molecule has 1 saturated heterocycles. The molecule has 1 heterocycles. The van der Waals surface area contributed by atoms with Crippen molar-refractivity contribution in [1.82, 2.24) is 10.6 Å². The van der Waals surface area contributed by atoms with E-state index in [1.165, 1.54) is 64.6 Å². The minimum Gasteiger partial charge on any atom is -0.316 e. The maximum absolute atomic E-state index is 3.60. The summed E-state index contributed by atoms with van der Waals surface area (Å²) in [6, 6.07) is 0.803. The maximum Gasteiger partial charge on any atom is 0.00791 e. The lowest BCUT2D eigenvalue weighted by Gasteiger charge is -2.27. The van der Waals surface area contributed by atoms with Crippen LogP contribution in [0.4, 0.5) is 0 Å². The summed E-state index contributed by atoms with van der Waals surface area (Å²) in [5, 5.41) is 7.19. The molecular formula is C12H24N2. The van der Waals surface area contributed by atoms with Crippen LogP contribution in [0.2, 0.25) is 0 Å². The monoisotopic (exact) mass is 196 g/mol. The van der Waals surface area contributed by atoms with E-state index in [-0.39, 0.29) is 0 Å². The van der Waals surface area contributed by atoms with Crippen LogP contribution in [0.3, 0.4) is 0 Å². The van der Waals surface area contributed by atoms with E-state index in [2.05, 4.69) is 10.6 Å². The van der Waals surface area contributed by atoms with Crippen molar-refractivity contribution < 1.29 is 0 Å². The van der Waals surface area contributed by atoms with Gasteiger partial charge >= 0.3 is 0 Å². The molecule has 0 spiro atoms. The minimum absolute atomic E-state index is 0.803. The Morgan fingerprint density at radius 2 is 2.00 bits per heavy atom. The second-order valence-electron chi connectivity index (χ2n) is 4.94. The molecule has 2 nitrogen and oxygen atoms in total. The molecule has 82 valence electrons. The molecule has 1 unspecified atom stereocenters. The molecule has 0 aromatic rings. The number of hydrogen-bond donors (Lipinski definition) is 2. The Bertz CT molecular complexity index is 148. The molecule has 0 bridgehead atoms. The van der Waals surface area contributed by atoms with E-state index in [1.54, 1.807) is 0 Å². The van der Waals surface area contributed by atoms with E-state index in [9.17, 15) is 0 Å². The summed E-state index contributed by atoms with van der Waals surface area (Å²) < 4.78 is 0. The first-order chi connectivity index (χ1) is 6.95. The Balaban J connectivity index is 1.45. The zero-order valence-corrected chi connectivity index (χ0v) is 9.23. The second-order valence-corrected chi connectivity index (χ2v) is 4.94. The molecule has 2 N–H and O–H groups in total. The van der Waals surface area contributed by atoms with E-state index in [0.717, 1.165) is 12.0 Å². The lowest BCUT2D eigenvalue weighted by Crippen LogP contribution is -2.37. The number of piperidine rings is 1. The molecule has 0 aromatic carbocycles. The van der Waals surface area contributed by atoms with Crippen molar-refractivity contribution in [3.63, 3.8) is 0 Å². The van der Waals surface area contributed by atoms with Crippen LogP contribution in [0.5, 0.6) is 0 Å². The van der Waals surface area contributed by atoms with Crippen LogP contribution in [-0.2, 0) is 0 Å². The summed E-state index contributed by atoms with van der Waals surface area (Å²) in [5.41, 5.74) is 0. The first-order valence-electron chi connectivity index (χ1n) is 6.39. The smallest absolute Gasteiger partial charge is 0.00791 e. The highest BCUT2D eigenvalue weighted by atomic mass is 14.9. The molecule has 1 saturated carbocycles. The van der Waals surface area contributed by atoms with Gasteiger partial charge < -0.3 is 10.6 Å². The zero-order valence-electron chi connectivity index (χ0n) is 9.23. The summed E-state index contributed by atoms with van der Waals surface area (Å²) in [5.74, 6) is 1.01.